The zero-order valence-electron chi connectivity index (χ0n) is 28.6. The van der Waals surface area contributed by atoms with Crippen LogP contribution in [0.25, 0.3) is 77.2 Å². The summed E-state index contributed by atoms with van der Waals surface area (Å²) in [6.45, 7) is 0. The van der Waals surface area contributed by atoms with Gasteiger partial charge in [0.15, 0.2) is 5.84 Å². The molecule has 4 nitrogen and oxygen atoms in total. The van der Waals surface area contributed by atoms with Gasteiger partial charge in [0.25, 0.3) is 0 Å². The fraction of sp³-hybridized carbons (Fsp3) is 0.0204. The molecular formula is C49H31N3O. The summed E-state index contributed by atoms with van der Waals surface area (Å²) >= 11 is 0. The Morgan fingerprint density at radius 3 is 1.83 bits per heavy atom. The van der Waals surface area contributed by atoms with Crippen LogP contribution in [0.4, 0.5) is 0 Å². The number of aliphatic imine (C=N–C) groups is 2. The lowest BCUT2D eigenvalue weighted by molar-refractivity contribution is 0.662. The number of nitrogens with one attached hydrogen (secondary N) is 1. The zero-order chi connectivity index (χ0) is 34.9. The van der Waals surface area contributed by atoms with Crippen molar-refractivity contribution in [3.8, 4) is 44.5 Å². The molecule has 248 valence electrons. The lowest BCUT2D eigenvalue weighted by atomic mass is 9.93. The minimum Gasteiger partial charge on any atom is -0.456 e. The Bertz CT molecular complexity index is 2930. The fourth-order valence-electron chi connectivity index (χ4n) is 8.23. The van der Waals surface area contributed by atoms with E-state index >= 15 is 0 Å². The van der Waals surface area contributed by atoms with Crippen LogP contribution in [-0.4, -0.2) is 11.7 Å². The van der Waals surface area contributed by atoms with Crippen molar-refractivity contribution in [3.05, 3.63) is 193 Å². The maximum absolute atomic E-state index is 6.64. The van der Waals surface area contributed by atoms with E-state index in [9.17, 15) is 0 Å². The van der Waals surface area contributed by atoms with Crippen molar-refractivity contribution in [2.75, 3.05) is 0 Å². The minimum atomic E-state index is -0.381. The van der Waals surface area contributed by atoms with Crippen molar-refractivity contribution < 1.29 is 4.42 Å². The normalized spacial score (nSPS) is 14.6. The first-order chi connectivity index (χ1) is 26.3. The van der Waals surface area contributed by atoms with E-state index in [0.717, 1.165) is 55.6 Å². The van der Waals surface area contributed by atoms with E-state index in [1.165, 1.54) is 44.2 Å². The van der Waals surface area contributed by atoms with Crippen molar-refractivity contribution in [2.24, 2.45) is 9.98 Å². The molecule has 11 rings (SSSR count). The predicted octanol–water partition coefficient (Wildman–Crippen LogP) is 12.2. The molecule has 0 spiro atoms. The van der Waals surface area contributed by atoms with E-state index in [-0.39, 0.29) is 6.17 Å². The van der Waals surface area contributed by atoms with Crippen molar-refractivity contribution >= 4 is 44.4 Å². The number of fused-ring (bicyclic) bond motifs is 6. The van der Waals surface area contributed by atoms with Gasteiger partial charge in [0, 0.05) is 27.5 Å². The Morgan fingerprint density at radius 2 is 1.04 bits per heavy atom. The molecule has 2 heterocycles. The number of benzene rings is 8. The maximum atomic E-state index is 6.64. The molecular weight excluding hydrogens is 647 g/mol. The average molecular weight is 678 g/mol. The Labute approximate surface area is 306 Å². The number of rotatable bonds is 5. The van der Waals surface area contributed by atoms with Crippen LogP contribution in [0.2, 0.25) is 0 Å². The van der Waals surface area contributed by atoms with Crippen molar-refractivity contribution in [1.29, 1.82) is 0 Å². The molecule has 0 bridgehead atoms. The van der Waals surface area contributed by atoms with Crippen LogP contribution in [-0.2, 0) is 0 Å². The first-order valence-electron chi connectivity index (χ1n) is 18.0. The van der Waals surface area contributed by atoms with Gasteiger partial charge in [-0.2, -0.15) is 0 Å². The third-order valence-electron chi connectivity index (χ3n) is 10.7. The predicted molar refractivity (Wildman–Crippen MR) is 218 cm³/mol. The van der Waals surface area contributed by atoms with Gasteiger partial charge in [0.2, 0.25) is 0 Å². The van der Waals surface area contributed by atoms with Crippen LogP contribution >= 0.6 is 0 Å². The number of furan rings is 1. The molecule has 0 fully saturated rings. The molecule has 53 heavy (non-hydrogen) atoms. The maximum Gasteiger partial charge on any atom is 0.159 e. The first-order valence-corrected chi connectivity index (χ1v) is 18.0. The number of nitrogens with zero attached hydrogens (tertiary/aromatic N) is 2. The van der Waals surface area contributed by atoms with Gasteiger partial charge in [-0.05, 0) is 73.5 Å². The van der Waals surface area contributed by atoms with E-state index in [2.05, 4.69) is 157 Å². The van der Waals surface area contributed by atoms with Gasteiger partial charge >= 0.3 is 0 Å². The molecule has 0 radical (unpaired) electrons. The molecule has 1 atom stereocenters. The third kappa shape index (κ3) is 4.77. The number of amidine groups is 2. The third-order valence-corrected chi connectivity index (χ3v) is 10.7. The highest BCUT2D eigenvalue weighted by Crippen LogP contribution is 2.49. The second kappa shape index (κ2) is 11.8. The van der Waals surface area contributed by atoms with Crippen LogP contribution < -0.4 is 5.32 Å². The summed E-state index contributed by atoms with van der Waals surface area (Å²) in [4.78, 5) is 10.3. The molecule has 0 saturated carbocycles. The summed E-state index contributed by atoms with van der Waals surface area (Å²) in [5, 5.41) is 8.39. The van der Waals surface area contributed by atoms with Gasteiger partial charge in [0.1, 0.15) is 23.2 Å². The van der Waals surface area contributed by atoms with Gasteiger partial charge in [-0.1, -0.05) is 158 Å². The quantitative estimate of drug-likeness (QED) is 0.197. The molecule has 1 aliphatic carbocycles. The molecule has 1 unspecified atom stereocenters. The summed E-state index contributed by atoms with van der Waals surface area (Å²) in [7, 11) is 0. The van der Waals surface area contributed by atoms with Crippen molar-refractivity contribution in [2.45, 2.75) is 6.17 Å². The van der Waals surface area contributed by atoms with E-state index in [1.54, 1.807) is 0 Å². The Morgan fingerprint density at radius 1 is 0.415 bits per heavy atom. The summed E-state index contributed by atoms with van der Waals surface area (Å²) in [6.07, 6.45) is -0.381. The second-order valence-corrected chi connectivity index (χ2v) is 13.7. The van der Waals surface area contributed by atoms with Crippen molar-refractivity contribution in [3.63, 3.8) is 0 Å². The van der Waals surface area contributed by atoms with Gasteiger partial charge in [-0.3, -0.25) is 0 Å². The smallest absolute Gasteiger partial charge is 0.159 e. The van der Waals surface area contributed by atoms with E-state index < -0.39 is 0 Å². The van der Waals surface area contributed by atoms with Crippen LogP contribution in [0.5, 0.6) is 0 Å². The largest absolute Gasteiger partial charge is 0.456 e. The van der Waals surface area contributed by atoms with Crippen molar-refractivity contribution in [1.82, 2.24) is 5.32 Å². The van der Waals surface area contributed by atoms with Crippen LogP contribution in [0.1, 0.15) is 22.9 Å². The molecule has 0 amide bonds. The molecule has 4 heteroatoms. The van der Waals surface area contributed by atoms with Crippen LogP contribution in [0, 0.1) is 0 Å². The highest BCUT2D eigenvalue weighted by atomic mass is 16.3. The monoisotopic (exact) mass is 677 g/mol. The van der Waals surface area contributed by atoms with Gasteiger partial charge in [0.05, 0.1) is 0 Å². The second-order valence-electron chi connectivity index (χ2n) is 13.7. The SMILES string of the molecule is c1ccc(C2=NC(c3cccc4oc5cc(-c6ccc7c8c(cccc68)-c6ccccc6-7)ccc5c34)NC(c3ccc(-c4ccccc4)cc3)=N2)cc1. The Kier molecular flexibility index (Phi) is 6.58. The standard InChI is InChI=1S/C49H31N3O/c1-3-11-30(12-4-1)31-21-23-33(24-22-31)48-50-47(32-13-5-2-6-14-32)51-49(52-48)42-19-10-20-43-46(42)41-26-25-34(29-44(41)53-43)35-27-28-40-37-16-8-7-15-36(37)39-18-9-17-38(35)45(39)40/h1-29,49H,(H,50,51,52). The van der Waals surface area contributed by atoms with Gasteiger partial charge in [-0.15, -0.1) is 0 Å². The zero-order valence-corrected chi connectivity index (χ0v) is 28.6. The Hall–Kier alpha value is -7.04. The summed E-state index contributed by atoms with van der Waals surface area (Å²) in [6, 6.07) is 62.0. The molecule has 1 aliphatic heterocycles. The summed E-state index contributed by atoms with van der Waals surface area (Å²) in [5.41, 5.74) is 14.6. The molecule has 1 aromatic heterocycles. The molecule has 2 aliphatic rings. The van der Waals surface area contributed by atoms with Gasteiger partial charge in [-0.25, -0.2) is 9.98 Å². The number of hydrogen-bond acceptors (Lipinski definition) is 4. The molecule has 0 saturated heterocycles. The lowest BCUT2D eigenvalue weighted by Gasteiger charge is -2.24. The molecule has 8 aromatic carbocycles. The number of hydrogen-bond donors (Lipinski definition) is 1. The topological polar surface area (TPSA) is 49.9 Å². The lowest BCUT2D eigenvalue weighted by Crippen LogP contribution is -2.33. The summed E-state index contributed by atoms with van der Waals surface area (Å²) in [5.74, 6) is 1.47. The highest BCUT2D eigenvalue weighted by molar-refractivity contribution is 6.19. The Balaban J connectivity index is 1.01. The minimum absolute atomic E-state index is 0.381. The molecule has 1 N–H and O–H groups in total. The van der Waals surface area contributed by atoms with E-state index in [0.29, 0.717) is 5.84 Å². The van der Waals surface area contributed by atoms with E-state index in [1.807, 2.05) is 24.3 Å². The average Bonchev–Trinajstić information content (AvgIpc) is 3.78. The van der Waals surface area contributed by atoms with Gasteiger partial charge < -0.3 is 9.73 Å². The fourth-order valence-corrected chi connectivity index (χ4v) is 8.23. The van der Waals surface area contributed by atoms with Crippen LogP contribution in [0.15, 0.2) is 190 Å². The highest BCUT2D eigenvalue weighted by Gasteiger charge is 2.26. The first kappa shape index (κ1) is 29.7. The van der Waals surface area contributed by atoms with E-state index in [4.69, 9.17) is 14.4 Å². The molecule has 9 aromatic rings. The summed E-state index contributed by atoms with van der Waals surface area (Å²) < 4.78 is 6.64. The van der Waals surface area contributed by atoms with Crippen LogP contribution in [0.3, 0.4) is 0 Å².